The average molecular weight is 583 g/mol. The van der Waals surface area contributed by atoms with Gasteiger partial charge < -0.3 is 14.9 Å². The molecule has 5 rings (SSSR count). The van der Waals surface area contributed by atoms with Crippen LogP contribution in [0, 0.1) is 12.8 Å². The molecule has 2 saturated heterocycles. The Morgan fingerprint density at radius 3 is 1.95 bits per heavy atom. The summed E-state index contributed by atoms with van der Waals surface area (Å²) in [5, 5.41) is 14.2. The maximum absolute atomic E-state index is 10.6. The zero-order valence-electron chi connectivity index (χ0n) is 20.8. The van der Waals surface area contributed by atoms with Crippen LogP contribution in [0.3, 0.4) is 0 Å². The van der Waals surface area contributed by atoms with E-state index in [9.17, 15) is 26.3 Å². The predicted molar refractivity (Wildman–Crippen MR) is 130 cm³/mol. The molecule has 2 N–H and O–H groups in total. The highest BCUT2D eigenvalue weighted by Gasteiger charge is 2.48. The lowest BCUT2D eigenvalue weighted by atomic mass is 9.93. The number of aliphatic carboxylic acids is 2. The molecule has 0 bridgehead atoms. The van der Waals surface area contributed by atoms with Gasteiger partial charge in [0.2, 0.25) is 0 Å². The molecule has 3 heterocycles. The van der Waals surface area contributed by atoms with Crippen molar-refractivity contribution >= 4 is 23.3 Å². The largest absolute Gasteiger partial charge is 0.490 e. The number of carbonyl (C=O) groups is 2. The molecule has 216 valence electrons. The number of hydrogen-bond donors (Lipinski definition) is 2. The smallest absolute Gasteiger partial charge is 0.475 e. The first kappa shape index (κ1) is 30.9. The zero-order chi connectivity index (χ0) is 29.0. The summed E-state index contributed by atoms with van der Waals surface area (Å²) < 4.78 is 69.1. The van der Waals surface area contributed by atoms with E-state index < -0.39 is 24.3 Å². The van der Waals surface area contributed by atoms with Gasteiger partial charge in [-0.25, -0.2) is 9.59 Å². The van der Waals surface area contributed by atoms with Crippen LogP contribution in [0.2, 0.25) is 0 Å². The third-order valence-corrected chi connectivity index (χ3v) is 7.65. The van der Waals surface area contributed by atoms with Crippen molar-refractivity contribution in [3.05, 3.63) is 57.3 Å². The maximum Gasteiger partial charge on any atom is 0.490 e. The van der Waals surface area contributed by atoms with Gasteiger partial charge in [0.05, 0.1) is 13.2 Å². The topological polar surface area (TPSA) is 90.3 Å². The van der Waals surface area contributed by atoms with Crippen molar-refractivity contribution in [3.63, 3.8) is 0 Å². The number of ether oxygens (including phenoxy) is 1. The quantitative estimate of drug-likeness (QED) is 0.497. The Morgan fingerprint density at radius 2 is 1.46 bits per heavy atom. The van der Waals surface area contributed by atoms with Crippen molar-refractivity contribution in [1.82, 2.24) is 9.80 Å². The van der Waals surface area contributed by atoms with Gasteiger partial charge in [0.25, 0.3) is 0 Å². The Hall–Kier alpha value is -2.68. The SMILES string of the molecule is Cc1ccc(CN2C[C@H]3[C@@H](C2)c2ccccc2[C@@H]3N2CCOCC2)s1.O=C(O)C(F)(F)F.O=C(O)C(F)(F)F. The summed E-state index contributed by atoms with van der Waals surface area (Å²) in [5.41, 5.74) is 3.19. The summed E-state index contributed by atoms with van der Waals surface area (Å²) >= 11 is 1.95. The lowest BCUT2D eigenvalue weighted by molar-refractivity contribution is -0.193. The number of alkyl halides is 6. The molecule has 2 aliphatic heterocycles. The van der Waals surface area contributed by atoms with Gasteiger partial charge >= 0.3 is 24.3 Å². The van der Waals surface area contributed by atoms with Gasteiger partial charge in [-0.05, 0) is 36.1 Å². The molecule has 0 unspecified atom stereocenters. The Bertz CT molecular complexity index is 1110. The van der Waals surface area contributed by atoms with E-state index in [1.54, 1.807) is 11.1 Å². The predicted octanol–water partition coefficient (Wildman–Crippen LogP) is 4.93. The van der Waals surface area contributed by atoms with E-state index in [-0.39, 0.29) is 0 Å². The number of aryl methyl sites for hydroxylation is 1. The molecule has 0 amide bonds. The third kappa shape index (κ3) is 8.16. The van der Waals surface area contributed by atoms with Gasteiger partial charge in [-0.15, -0.1) is 11.3 Å². The van der Waals surface area contributed by atoms with E-state index in [4.69, 9.17) is 24.5 Å². The molecule has 2 aromatic rings. The number of benzene rings is 1. The summed E-state index contributed by atoms with van der Waals surface area (Å²) in [4.78, 5) is 26.1. The summed E-state index contributed by atoms with van der Waals surface area (Å²) in [5.74, 6) is -4.08. The monoisotopic (exact) mass is 582 g/mol. The Morgan fingerprint density at radius 1 is 0.923 bits per heavy atom. The lowest BCUT2D eigenvalue weighted by Crippen LogP contribution is -2.41. The summed E-state index contributed by atoms with van der Waals surface area (Å²) in [6, 6.07) is 14.3. The molecule has 0 spiro atoms. The fourth-order valence-electron chi connectivity index (χ4n) is 5.15. The van der Waals surface area contributed by atoms with Crippen LogP contribution in [0.1, 0.15) is 32.8 Å². The third-order valence-electron chi connectivity index (χ3n) is 6.66. The van der Waals surface area contributed by atoms with Crippen molar-refractivity contribution in [2.75, 3.05) is 39.4 Å². The van der Waals surface area contributed by atoms with Crippen LogP contribution in [-0.2, 0) is 20.9 Å². The van der Waals surface area contributed by atoms with Gasteiger partial charge in [0, 0.05) is 54.4 Å². The van der Waals surface area contributed by atoms with Gasteiger partial charge in [0.1, 0.15) is 0 Å². The summed E-state index contributed by atoms with van der Waals surface area (Å²) in [6.07, 6.45) is -10.2. The first-order valence-corrected chi connectivity index (χ1v) is 12.8. The Kier molecular flexibility index (Phi) is 10.0. The van der Waals surface area contributed by atoms with Crippen LogP contribution in [-0.4, -0.2) is 83.7 Å². The highest BCUT2D eigenvalue weighted by molar-refractivity contribution is 7.11. The number of fused-ring (bicyclic) bond motifs is 3. The second kappa shape index (κ2) is 12.7. The number of halogens is 6. The number of morpholine rings is 1. The minimum atomic E-state index is -5.08. The molecular weight excluding hydrogens is 554 g/mol. The van der Waals surface area contributed by atoms with Crippen molar-refractivity contribution in [2.24, 2.45) is 5.92 Å². The normalized spacial score (nSPS) is 23.1. The molecule has 1 aromatic carbocycles. The number of carboxylic acid groups (broad SMARTS) is 2. The summed E-state index contributed by atoms with van der Waals surface area (Å²) in [7, 11) is 0. The molecular formula is C25H28F6N2O5S. The van der Waals surface area contributed by atoms with E-state index in [1.807, 2.05) is 11.3 Å². The van der Waals surface area contributed by atoms with Crippen molar-refractivity contribution in [3.8, 4) is 0 Å². The van der Waals surface area contributed by atoms with Crippen molar-refractivity contribution < 1.29 is 50.9 Å². The van der Waals surface area contributed by atoms with Crippen LogP contribution in [0.5, 0.6) is 0 Å². The van der Waals surface area contributed by atoms with E-state index in [2.05, 4.69) is 53.1 Å². The molecule has 14 heteroatoms. The Balaban J connectivity index is 0.000000251. The number of carboxylic acids is 2. The molecule has 3 aliphatic rings. The minimum Gasteiger partial charge on any atom is -0.475 e. The van der Waals surface area contributed by atoms with Crippen LogP contribution >= 0.6 is 11.3 Å². The molecule has 2 fully saturated rings. The van der Waals surface area contributed by atoms with Crippen molar-refractivity contribution in [2.45, 2.75) is 37.8 Å². The number of rotatable bonds is 3. The standard InChI is InChI=1S/C21H26N2OS.2C2HF3O2/c1-15-6-7-16(25-15)12-22-13-19-17-4-2-3-5-18(17)21(20(19)14-22)23-8-10-24-11-9-23;2*3-2(4,5)1(6)7/h2-7,19-21H,8-14H2,1H3;2*(H,6,7)/t19-,20-,21-;;/m0../s1. The molecule has 0 radical (unpaired) electrons. The van der Waals surface area contributed by atoms with Crippen LogP contribution < -0.4 is 0 Å². The number of hydrogen-bond acceptors (Lipinski definition) is 6. The molecule has 7 nitrogen and oxygen atoms in total. The average Bonchev–Trinajstić information content (AvgIpc) is 3.53. The first-order chi connectivity index (χ1) is 18.2. The fourth-order valence-corrected chi connectivity index (χ4v) is 6.09. The highest BCUT2D eigenvalue weighted by Crippen LogP contribution is 2.52. The number of thiophene rings is 1. The van der Waals surface area contributed by atoms with Gasteiger partial charge in [-0.3, -0.25) is 9.80 Å². The molecule has 39 heavy (non-hydrogen) atoms. The maximum atomic E-state index is 10.6. The minimum absolute atomic E-state index is 0.583. The number of nitrogens with zero attached hydrogens (tertiary/aromatic N) is 2. The number of likely N-dealkylation sites (tertiary alicyclic amines) is 1. The molecule has 1 aromatic heterocycles. The van der Waals surface area contributed by atoms with Crippen LogP contribution in [0.4, 0.5) is 26.3 Å². The van der Waals surface area contributed by atoms with E-state index in [0.717, 1.165) is 38.8 Å². The van der Waals surface area contributed by atoms with Crippen LogP contribution in [0.25, 0.3) is 0 Å². The van der Waals surface area contributed by atoms with E-state index in [1.165, 1.54) is 22.8 Å². The van der Waals surface area contributed by atoms with Gasteiger partial charge in [-0.1, -0.05) is 24.3 Å². The summed E-state index contributed by atoms with van der Waals surface area (Å²) in [6.45, 7) is 9.67. The van der Waals surface area contributed by atoms with E-state index in [0.29, 0.717) is 12.0 Å². The van der Waals surface area contributed by atoms with Crippen molar-refractivity contribution in [1.29, 1.82) is 0 Å². The second-order valence-corrected chi connectivity index (χ2v) is 10.7. The Labute approximate surface area is 224 Å². The molecule has 0 saturated carbocycles. The highest BCUT2D eigenvalue weighted by atomic mass is 32.1. The second-order valence-electron chi connectivity index (χ2n) is 9.30. The lowest BCUT2D eigenvalue weighted by Gasteiger charge is -2.36. The fraction of sp³-hybridized carbons (Fsp3) is 0.520. The zero-order valence-corrected chi connectivity index (χ0v) is 21.7. The molecule has 1 aliphatic carbocycles. The first-order valence-electron chi connectivity index (χ1n) is 12.0. The van der Waals surface area contributed by atoms with Gasteiger partial charge in [-0.2, -0.15) is 26.3 Å². The van der Waals surface area contributed by atoms with Crippen LogP contribution in [0.15, 0.2) is 36.4 Å². The van der Waals surface area contributed by atoms with E-state index >= 15 is 0 Å². The van der Waals surface area contributed by atoms with Gasteiger partial charge in [0.15, 0.2) is 0 Å². The molecule has 3 atom stereocenters.